The molecule has 0 aromatic heterocycles. The molecule has 3 atom stereocenters. The summed E-state index contributed by atoms with van der Waals surface area (Å²) in [6.07, 6.45) is 2.68. The number of nitrogens with one attached hydrogen (secondary N) is 1. The third-order valence-corrected chi connectivity index (χ3v) is 6.03. The van der Waals surface area contributed by atoms with Gasteiger partial charge in [0, 0.05) is 19.6 Å². The summed E-state index contributed by atoms with van der Waals surface area (Å²) in [6.45, 7) is 2.03. The number of carboxylic acid groups (broad SMARTS) is 1. The fraction of sp³-hybridized carbons (Fsp3) is 0.600. The summed E-state index contributed by atoms with van der Waals surface area (Å²) in [6, 6.07) is 10.2. The minimum Gasteiger partial charge on any atom is -0.481 e. The molecule has 1 unspecified atom stereocenters. The number of likely N-dealkylation sites (tertiary alicyclic amines) is 1. The average Bonchev–Trinajstić information content (AvgIpc) is 3.13. The topological polar surface area (TPSA) is 72.9 Å². The Hall–Kier alpha value is -1.92. The number of carbonyl (C=O) groups excluding carboxylic acids is 1. The maximum absolute atomic E-state index is 12.4. The molecular formula is C20H29N3O3. The Kier molecular flexibility index (Phi) is 5.63. The predicted molar refractivity (Wildman–Crippen MR) is 99.7 cm³/mol. The highest BCUT2D eigenvalue weighted by Crippen LogP contribution is 2.48. The Bertz CT molecular complexity index is 649. The summed E-state index contributed by atoms with van der Waals surface area (Å²) in [5.41, 5.74) is 0.537. The van der Waals surface area contributed by atoms with Crippen molar-refractivity contribution in [3.63, 3.8) is 0 Å². The van der Waals surface area contributed by atoms with Crippen molar-refractivity contribution in [2.75, 3.05) is 40.3 Å². The van der Waals surface area contributed by atoms with Crippen molar-refractivity contribution in [3.8, 4) is 0 Å². The van der Waals surface area contributed by atoms with Crippen LogP contribution in [0, 0.1) is 11.3 Å². The summed E-state index contributed by atoms with van der Waals surface area (Å²) >= 11 is 0. The van der Waals surface area contributed by atoms with Crippen molar-refractivity contribution < 1.29 is 14.7 Å². The second kappa shape index (κ2) is 7.76. The van der Waals surface area contributed by atoms with Crippen LogP contribution in [0.1, 0.15) is 30.9 Å². The van der Waals surface area contributed by atoms with E-state index in [1.807, 2.05) is 37.2 Å². The quantitative estimate of drug-likeness (QED) is 0.774. The van der Waals surface area contributed by atoms with Gasteiger partial charge in [0.2, 0.25) is 5.91 Å². The maximum atomic E-state index is 12.4. The Morgan fingerprint density at radius 1 is 1.35 bits per heavy atom. The van der Waals surface area contributed by atoms with Gasteiger partial charge in [-0.2, -0.15) is 0 Å². The molecule has 6 nitrogen and oxygen atoms in total. The lowest BCUT2D eigenvalue weighted by Crippen LogP contribution is -2.41. The van der Waals surface area contributed by atoms with Gasteiger partial charge in [0.25, 0.3) is 0 Å². The molecule has 1 amide bonds. The number of carboxylic acids is 1. The summed E-state index contributed by atoms with van der Waals surface area (Å²) < 4.78 is 0. The summed E-state index contributed by atoms with van der Waals surface area (Å²) in [5.74, 6) is -0.542. The number of fused-ring (bicyclic) bond motifs is 1. The summed E-state index contributed by atoms with van der Waals surface area (Å²) in [5, 5.41) is 12.7. The molecule has 1 aliphatic heterocycles. The number of benzene rings is 1. The van der Waals surface area contributed by atoms with Crippen molar-refractivity contribution >= 4 is 11.9 Å². The van der Waals surface area contributed by atoms with E-state index in [-0.39, 0.29) is 24.4 Å². The second-order valence-electron chi connectivity index (χ2n) is 7.91. The van der Waals surface area contributed by atoms with Crippen LogP contribution in [-0.4, -0.2) is 67.1 Å². The first-order chi connectivity index (χ1) is 12.4. The highest BCUT2D eigenvalue weighted by molar-refractivity contribution is 5.79. The highest BCUT2D eigenvalue weighted by Gasteiger charge is 2.54. The number of hydrogen-bond acceptors (Lipinski definition) is 4. The van der Waals surface area contributed by atoms with Crippen LogP contribution >= 0.6 is 0 Å². The number of carbonyl (C=O) groups is 2. The fourth-order valence-corrected chi connectivity index (χ4v) is 4.61. The first kappa shape index (κ1) is 18.9. The van der Waals surface area contributed by atoms with Crippen molar-refractivity contribution in [1.82, 2.24) is 15.1 Å². The van der Waals surface area contributed by atoms with Gasteiger partial charge in [-0.3, -0.25) is 14.5 Å². The van der Waals surface area contributed by atoms with Gasteiger partial charge in [0.1, 0.15) is 0 Å². The zero-order valence-electron chi connectivity index (χ0n) is 15.6. The van der Waals surface area contributed by atoms with Crippen LogP contribution < -0.4 is 5.32 Å². The maximum Gasteiger partial charge on any atom is 0.311 e. The van der Waals surface area contributed by atoms with E-state index in [2.05, 4.69) is 22.3 Å². The first-order valence-electron chi connectivity index (χ1n) is 9.36. The normalized spacial score (nSPS) is 26.7. The molecule has 2 aliphatic rings. The third-order valence-electron chi connectivity index (χ3n) is 6.03. The SMILES string of the molecule is CN(C)C(CNC(=O)CN1C[C@@H]2CCC[C@@]2(C(=O)O)C1)c1ccccc1. The minimum absolute atomic E-state index is 0.0340. The lowest BCUT2D eigenvalue weighted by Gasteiger charge is -2.26. The molecule has 26 heavy (non-hydrogen) atoms. The molecule has 142 valence electrons. The molecule has 2 N–H and O–H groups in total. The predicted octanol–water partition coefficient (Wildman–Crippen LogP) is 1.59. The van der Waals surface area contributed by atoms with E-state index in [4.69, 9.17) is 0 Å². The minimum atomic E-state index is -0.695. The van der Waals surface area contributed by atoms with Gasteiger partial charge >= 0.3 is 5.97 Å². The molecule has 0 spiro atoms. The molecule has 0 radical (unpaired) electrons. The van der Waals surface area contributed by atoms with E-state index < -0.39 is 11.4 Å². The Morgan fingerprint density at radius 3 is 2.69 bits per heavy atom. The van der Waals surface area contributed by atoms with Gasteiger partial charge in [-0.05, 0) is 38.4 Å². The van der Waals surface area contributed by atoms with E-state index in [0.29, 0.717) is 13.1 Å². The molecule has 2 fully saturated rings. The van der Waals surface area contributed by atoms with Crippen molar-refractivity contribution in [1.29, 1.82) is 0 Å². The van der Waals surface area contributed by atoms with E-state index in [1.165, 1.54) is 5.56 Å². The number of amides is 1. The average molecular weight is 359 g/mol. The van der Waals surface area contributed by atoms with Crippen LogP contribution in [0.2, 0.25) is 0 Å². The highest BCUT2D eigenvalue weighted by atomic mass is 16.4. The fourth-order valence-electron chi connectivity index (χ4n) is 4.61. The Morgan fingerprint density at radius 2 is 2.08 bits per heavy atom. The lowest BCUT2D eigenvalue weighted by atomic mass is 9.81. The van der Waals surface area contributed by atoms with Crippen LogP contribution in [-0.2, 0) is 9.59 Å². The van der Waals surface area contributed by atoms with Gasteiger partial charge in [-0.1, -0.05) is 36.8 Å². The second-order valence-corrected chi connectivity index (χ2v) is 7.91. The molecule has 1 aromatic carbocycles. The van der Waals surface area contributed by atoms with Crippen molar-refractivity contribution in [2.45, 2.75) is 25.3 Å². The number of nitrogens with zero attached hydrogens (tertiary/aromatic N) is 2. The summed E-state index contributed by atoms with van der Waals surface area (Å²) in [7, 11) is 4.00. The lowest BCUT2D eigenvalue weighted by molar-refractivity contribution is -0.149. The van der Waals surface area contributed by atoms with Crippen LogP contribution in [0.4, 0.5) is 0 Å². The van der Waals surface area contributed by atoms with Gasteiger partial charge < -0.3 is 15.3 Å². The Balaban J connectivity index is 1.54. The van der Waals surface area contributed by atoms with Crippen molar-refractivity contribution in [3.05, 3.63) is 35.9 Å². The van der Waals surface area contributed by atoms with E-state index in [1.54, 1.807) is 0 Å². The van der Waals surface area contributed by atoms with Gasteiger partial charge in [0.05, 0.1) is 18.0 Å². The van der Waals surface area contributed by atoms with Crippen LogP contribution in [0.3, 0.4) is 0 Å². The van der Waals surface area contributed by atoms with Crippen LogP contribution in [0.5, 0.6) is 0 Å². The van der Waals surface area contributed by atoms with Crippen molar-refractivity contribution in [2.24, 2.45) is 11.3 Å². The van der Waals surface area contributed by atoms with E-state index in [9.17, 15) is 14.7 Å². The summed E-state index contributed by atoms with van der Waals surface area (Å²) in [4.78, 5) is 28.3. The van der Waals surface area contributed by atoms with Gasteiger partial charge in [0.15, 0.2) is 0 Å². The molecule has 1 saturated carbocycles. The zero-order valence-corrected chi connectivity index (χ0v) is 15.6. The molecule has 1 aromatic rings. The number of likely N-dealkylation sites (N-methyl/N-ethyl adjacent to an activating group) is 1. The Labute approximate surface area is 155 Å². The standard InChI is InChI=1S/C20H29N3O3/c1-22(2)17(15-7-4-3-5-8-15)11-21-18(24)13-23-12-16-9-6-10-20(16,14-23)19(25)26/h3-5,7-8,16-17H,6,9-14H2,1-2H3,(H,21,24)(H,25,26)/t16-,17?,20+/m0/s1. The number of aliphatic carboxylic acids is 1. The molecule has 3 rings (SSSR count). The van der Waals surface area contributed by atoms with E-state index in [0.717, 1.165) is 25.8 Å². The zero-order chi connectivity index (χ0) is 18.7. The molecule has 1 aliphatic carbocycles. The monoisotopic (exact) mass is 359 g/mol. The van der Waals surface area contributed by atoms with Gasteiger partial charge in [-0.15, -0.1) is 0 Å². The molecular weight excluding hydrogens is 330 g/mol. The largest absolute Gasteiger partial charge is 0.481 e. The number of rotatable bonds is 7. The first-order valence-corrected chi connectivity index (χ1v) is 9.36. The molecule has 1 heterocycles. The van der Waals surface area contributed by atoms with E-state index >= 15 is 0 Å². The molecule has 1 saturated heterocycles. The van der Waals surface area contributed by atoms with Gasteiger partial charge in [-0.25, -0.2) is 0 Å². The molecule has 0 bridgehead atoms. The van der Waals surface area contributed by atoms with Crippen LogP contribution in [0.25, 0.3) is 0 Å². The third kappa shape index (κ3) is 3.76. The van der Waals surface area contributed by atoms with Crippen LogP contribution in [0.15, 0.2) is 30.3 Å². The molecule has 6 heteroatoms. The smallest absolute Gasteiger partial charge is 0.311 e. The number of hydrogen-bond donors (Lipinski definition) is 2.